The Hall–Kier alpha value is -3.68. The highest BCUT2D eigenvalue weighted by molar-refractivity contribution is 5.97. The van der Waals surface area contributed by atoms with Crippen molar-refractivity contribution >= 4 is 22.8 Å². The number of likely N-dealkylation sites (tertiary alicyclic amines) is 1. The van der Waals surface area contributed by atoms with Crippen LogP contribution in [0.5, 0.6) is 5.75 Å². The monoisotopic (exact) mass is 434 g/mol. The first-order chi connectivity index (χ1) is 15.5. The van der Waals surface area contributed by atoms with Gasteiger partial charge in [-0.05, 0) is 38.0 Å². The van der Waals surface area contributed by atoms with Crippen LogP contribution in [0.25, 0.3) is 11.0 Å². The van der Waals surface area contributed by atoms with Crippen LogP contribution in [0.3, 0.4) is 0 Å². The Labute approximate surface area is 185 Å². The third-order valence-corrected chi connectivity index (χ3v) is 5.67. The Bertz CT molecular complexity index is 1230. The van der Waals surface area contributed by atoms with Crippen molar-refractivity contribution in [1.29, 1.82) is 0 Å². The van der Waals surface area contributed by atoms with E-state index in [4.69, 9.17) is 4.74 Å². The van der Waals surface area contributed by atoms with Crippen molar-refractivity contribution in [3.63, 3.8) is 0 Å². The summed E-state index contributed by atoms with van der Waals surface area (Å²) < 4.78 is 6.92. The second kappa shape index (κ2) is 9.21. The number of benzene rings is 1. The van der Waals surface area contributed by atoms with E-state index in [1.165, 1.54) is 6.20 Å². The molecule has 166 valence electrons. The van der Waals surface area contributed by atoms with Crippen molar-refractivity contribution in [2.75, 3.05) is 20.2 Å². The first kappa shape index (κ1) is 21.5. The summed E-state index contributed by atoms with van der Waals surface area (Å²) in [5, 5.41) is 3.21. The summed E-state index contributed by atoms with van der Waals surface area (Å²) >= 11 is 0. The lowest BCUT2D eigenvalue weighted by molar-refractivity contribution is -0.121. The molecule has 1 saturated heterocycles. The summed E-state index contributed by atoms with van der Waals surface area (Å²) in [5.74, 6) is 0.138. The molecular formula is C24H26N4O4. The second-order valence-corrected chi connectivity index (χ2v) is 7.91. The Morgan fingerprint density at radius 1 is 1.12 bits per heavy atom. The van der Waals surface area contributed by atoms with Crippen molar-refractivity contribution in [3.8, 4) is 5.75 Å². The number of rotatable bonds is 6. The van der Waals surface area contributed by atoms with E-state index in [0.29, 0.717) is 36.4 Å². The maximum Gasteiger partial charge on any atom is 0.259 e. The van der Waals surface area contributed by atoms with E-state index in [9.17, 15) is 14.4 Å². The van der Waals surface area contributed by atoms with Gasteiger partial charge >= 0.3 is 0 Å². The van der Waals surface area contributed by atoms with Crippen LogP contribution in [0, 0.1) is 6.92 Å². The average molecular weight is 434 g/mol. The van der Waals surface area contributed by atoms with Gasteiger partial charge in [-0.3, -0.25) is 14.4 Å². The van der Waals surface area contributed by atoms with Crippen LogP contribution >= 0.6 is 0 Å². The smallest absolute Gasteiger partial charge is 0.259 e. The lowest BCUT2D eigenvalue weighted by Gasteiger charge is -2.17. The Morgan fingerprint density at radius 2 is 1.88 bits per heavy atom. The van der Waals surface area contributed by atoms with Gasteiger partial charge in [0.2, 0.25) is 11.3 Å². The molecule has 2 aromatic heterocycles. The third-order valence-electron chi connectivity index (χ3n) is 5.67. The number of hydrogen-bond donors (Lipinski definition) is 1. The highest BCUT2D eigenvalue weighted by Crippen LogP contribution is 2.17. The number of para-hydroxylation sites is 1. The van der Waals surface area contributed by atoms with Crippen LogP contribution in [0.15, 0.2) is 47.4 Å². The van der Waals surface area contributed by atoms with Gasteiger partial charge in [0.1, 0.15) is 23.5 Å². The number of carbonyl (C=O) groups excluding carboxylic acids is 2. The number of nitrogens with zero attached hydrogens (tertiary/aromatic N) is 3. The molecule has 0 spiro atoms. The Balaban J connectivity index is 1.63. The highest BCUT2D eigenvalue weighted by Gasteiger charge is 2.24. The first-order valence-electron chi connectivity index (χ1n) is 10.7. The van der Waals surface area contributed by atoms with Gasteiger partial charge in [0.15, 0.2) is 0 Å². The van der Waals surface area contributed by atoms with Crippen LogP contribution in [0.4, 0.5) is 0 Å². The average Bonchev–Trinajstić information content (AvgIpc) is 3.34. The van der Waals surface area contributed by atoms with E-state index in [1.54, 1.807) is 28.7 Å². The molecular weight excluding hydrogens is 408 g/mol. The zero-order valence-corrected chi connectivity index (χ0v) is 18.3. The van der Waals surface area contributed by atoms with Crippen LogP contribution in [0.1, 0.15) is 34.5 Å². The number of carbonyl (C=O) groups is 2. The number of nitrogens with one attached hydrogen (secondary N) is 1. The number of hydrogen-bond acceptors (Lipinski definition) is 5. The molecule has 8 heteroatoms. The van der Waals surface area contributed by atoms with E-state index in [0.717, 1.165) is 24.1 Å². The van der Waals surface area contributed by atoms with Crippen LogP contribution in [0.2, 0.25) is 0 Å². The highest BCUT2D eigenvalue weighted by atomic mass is 16.5. The molecule has 4 rings (SSSR count). The summed E-state index contributed by atoms with van der Waals surface area (Å²) in [6, 6.07) is 10.9. The fourth-order valence-corrected chi connectivity index (χ4v) is 3.98. The van der Waals surface area contributed by atoms with E-state index in [1.807, 2.05) is 31.2 Å². The molecule has 0 saturated carbocycles. The molecule has 1 fully saturated rings. The van der Waals surface area contributed by atoms with Crippen molar-refractivity contribution in [2.45, 2.75) is 32.9 Å². The number of ether oxygens (including phenoxy) is 1. The fraction of sp³-hybridized carbons (Fsp3) is 0.333. The molecule has 0 radical (unpaired) electrons. The first-order valence-corrected chi connectivity index (χ1v) is 10.7. The van der Waals surface area contributed by atoms with E-state index >= 15 is 0 Å². The van der Waals surface area contributed by atoms with Gasteiger partial charge in [-0.1, -0.05) is 18.2 Å². The molecule has 3 aromatic rings. The van der Waals surface area contributed by atoms with Gasteiger partial charge in [0.05, 0.1) is 12.5 Å². The molecule has 1 aliphatic heterocycles. The van der Waals surface area contributed by atoms with Gasteiger partial charge in [-0.15, -0.1) is 0 Å². The third kappa shape index (κ3) is 4.34. The molecule has 0 unspecified atom stereocenters. The topological polar surface area (TPSA) is 93.5 Å². The zero-order valence-electron chi connectivity index (χ0n) is 18.3. The van der Waals surface area contributed by atoms with Crippen molar-refractivity contribution < 1.29 is 14.3 Å². The number of aromatic nitrogens is 2. The predicted molar refractivity (Wildman–Crippen MR) is 121 cm³/mol. The van der Waals surface area contributed by atoms with Crippen molar-refractivity contribution in [3.05, 3.63) is 69.6 Å². The molecule has 1 aliphatic rings. The minimum Gasteiger partial charge on any atom is -0.496 e. The minimum atomic E-state index is -0.352. The fourth-order valence-electron chi connectivity index (χ4n) is 3.98. The maximum absolute atomic E-state index is 13.0. The molecule has 1 N–H and O–H groups in total. The summed E-state index contributed by atoms with van der Waals surface area (Å²) in [6.07, 6.45) is 3.33. The summed E-state index contributed by atoms with van der Waals surface area (Å²) in [6.45, 7) is 3.33. The summed E-state index contributed by atoms with van der Waals surface area (Å²) in [4.78, 5) is 44.9. The summed E-state index contributed by atoms with van der Waals surface area (Å²) in [5.41, 5.74) is 1.68. The van der Waals surface area contributed by atoms with E-state index in [2.05, 4.69) is 10.3 Å². The normalized spacial score (nSPS) is 13.4. The Kier molecular flexibility index (Phi) is 6.20. The maximum atomic E-state index is 13.0. The molecule has 0 aliphatic carbocycles. The van der Waals surface area contributed by atoms with Gasteiger partial charge in [0, 0.05) is 37.1 Å². The largest absolute Gasteiger partial charge is 0.496 e. The lowest BCUT2D eigenvalue weighted by atomic mass is 10.1. The van der Waals surface area contributed by atoms with E-state index < -0.39 is 0 Å². The van der Waals surface area contributed by atoms with Crippen LogP contribution in [-0.2, 0) is 17.9 Å². The number of pyridine rings is 2. The lowest BCUT2D eigenvalue weighted by Crippen LogP contribution is -2.34. The molecule has 8 nitrogen and oxygen atoms in total. The number of fused-ring (bicyclic) bond motifs is 1. The number of amides is 2. The quantitative estimate of drug-likeness (QED) is 0.642. The second-order valence-electron chi connectivity index (χ2n) is 7.91. The van der Waals surface area contributed by atoms with Gasteiger partial charge in [-0.25, -0.2) is 4.98 Å². The Morgan fingerprint density at radius 3 is 2.62 bits per heavy atom. The standard InChI is InChI=1S/C24H26N4O4/c1-16-9-10-18-22(30)19(24(31)27-11-5-6-12-27)14-28(23(18)26-16)15-21(29)25-13-17-7-3-4-8-20(17)32-2/h3-4,7-10,14H,5-6,11-13,15H2,1-2H3,(H,25,29). The zero-order chi connectivity index (χ0) is 22.7. The molecule has 3 heterocycles. The van der Waals surface area contributed by atoms with E-state index in [-0.39, 0.29) is 29.4 Å². The molecule has 2 amide bonds. The minimum absolute atomic E-state index is 0.0668. The number of methoxy groups -OCH3 is 1. The van der Waals surface area contributed by atoms with Crippen molar-refractivity contribution in [2.24, 2.45) is 0 Å². The van der Waals surface area contributed by atoms with Gasteiger partial charge in [0.25, 0.3) is 5.91 Å². The van der Waals surface area contributed by atoms with Gasteiger partial charge < -0.3 is 19.5 Å². The van der Waals surface area contributed by atoms with Crippen molar-refractivity contribution in [1.82, 2.24) is 19.8 Å². The SMILES string of the molecule is COc1ccccc1CNC(=O)Cn1cc(C(=O)N2CCCC2)c(=O)c2ccc(C)nc21. The summed E-state index contributed by atoms with van der Waals surface area (Å²) in [7, 11) is 1.58. The molecule has 0 bridgehead atoms. The predicted octanol–water partition coefficient (Wildman–Crippen LogP) is 2.27. The number of aryl methyl sites for hydroxylation is 1. The van der Waals surface area contributed by atoms with Gasteiger partial charge in [-0.2, -0.15) is 0 Å². The van der Waals surface area contributed by atoms with Crippen LogP contribution < -0.4 is 15.5 Å². The molecule has 32 heavy (non-hydrogen) atoms. The molecule has 0 atom stereocenters. The van der Waals surface area contributed by atoms with Crippen LogP contribution in [-0.4, -0.2) is 46.5 Å². The molecule has 1 aromatic carbocycles.